The zero-order chi connectivity index (χ0) is 30.2. The van der Waals surface area contributed by atoms with Gasteiger partial charge in [0.25, 0.3) is 5.91 Å². The summed E-state index contributed by atoms with van der Waals surface area (Å²) in [6, 6.07) is 2.98. The van der Waals surface area contributed by atoms with Crippen LogP contribution in [0, 0.1) is 11.8 Å². The summed E-state index contributed by atoms with van der Waals surface area (Å²) < 4.78 is 10.4. The van der Waals surface area contributed by atoms with Crippen molar-refractivity contribution in [3.63, 3.8) is 0 Å². The van der Waals surface area contributed by atoms with Crippen molar-refractivity contribution in [2.24, 2.45) is 11.8 Å². The van der Waals surface area contributed by atoms with Crippen LogP contribution in [0.5, 0.6) is 0 Å². The van der Waals surface area contributed by atoms with Crippen LogP contribution in [0.1, 0.15) is 54.9 Å². The van der Waals surface area contributed by atoms with E-state index >= 15 is 0 Å². The number of halogens is 2. The van der Waals surface area contributed by atoms with E-state index in [1.807, 2.05) is 0 Å². The molecule has 2 N–H and O–H groups in total. The predicted octanol–water partition coefficient (Wildman–Crippen LogP) is 4.52. The van der Waals surface area contributed by atoms with Crippen molar-refractivity contribution in [3.05, 3.63) is 30.6 Å². The van der Waals surface area contributed by atoms with Gasteiger partial charge >= 0.3 is 6.09 Å². The number of nitrogens with zero attached hydrogens (tertiary/aromatic N) is 3. The number of alkyl carbamates (subject to hydrolysis) is 1. The summed E-state index contributed by atoms with van der Waals surface area (Å²) in [5, 5.41) is 9.02. The average Bonchev–Trinajstić information content (AvgIpc) is 3.39. The minimum absolute atomic E-state index is 0.0592. The van der Waals surface area contributed by atoms with Crippen LogP contribution >= 0.6 is 23.2 Å². The van der Waals surface area contributed by atoms with Gasteiger partial charge in [-0.05, 0) is 44.7 Å². The highest BCUT2D eigenvalue weighted by Crippen LogP contribution is 2.24. The molecule has 13 heteroatoms. The largest absolute Gasteiger partial charge is 0.444 e. The summed E-state index contributed by atoms with van der Waals surface area (Å²) >= 11 is 11.8. The second kappa shape index (κ2) is 14.5. The quantitative estimate of drug-likeness (QED) is 0.340. The SMILES string of the molecule is CC(C)C(NC(=O)OC(C)(C)C)C(=O)N[C@H](C(=O)CCN(C(=O)C(Cl)Cl)c1ccnc(-c2ccno2)c1)C(C)C. The monoisotopic (exact) mass is 597 g/mol. The van der Waals surface area contributed by atoms with E-state index in [1.54, 1.807) is 66.7 Å². The van der Waals surface area contributed by atoms with E-state index in [2.05, 4.69) is 20.8 Å². The van der Waals surface area contributed by atoms with E-state index in [4.69, 9.17) is 32.5 Å². The number of pyridine rings is 1. The maximum Gasteiger partial charge on any atom is 0.408 e. The van der Waals surface area contributed by atoms with Crippen molar-refractivity contribution in [2.75, 3.05) is 11.4 Å². The number of carbonyl (C=O) groups is 4. The van der Waals surface area contributed by atoms with Crippen molar-refractivity contribution in [2.45, 2.75) is 77.4 Å². The smallest absolute Gasteiger partial charge is 0.408 e. The molecule has 11 nitrogen and oxygen atoms in total. The molecular formula is C27H37Cl2N5O6. The maximum absolute atomic E-state index is 13.3. The molecule has 2 heterocycles. The molecule has 0 aliphatic carbocycles. The Morgan fingerprint density at radius 1 is 1.00 bits per heavy atom. The zero-order valence-corrected chi connectivity index (χ0v) is 25.2. The summed E-state index contributed by atoms with van der Waals surface area (Å²) in [7, 11) is 0. The molecule has 2 aromatic rings. The third-order valence-electron chi connectivity index (χ3n) is 5.71. The summed E-state index contributed by atoms with van der Waals surface area (Å²) in [6.07, 6.45) is 2.10. The second-order valence-corrected chi connectivity index (χ2v) is 12.0. The number of alkyl halides is 2. The molecule has 2 rings (SSSR count). The lowest BCUT2D eigenvalue weighted by atomic mass is 9.96. The summed E-state index contributed by atoms with van der Waals surface area (Å²) in [4.78, 5) is 55.8. The van der Waals surface area contributed by atoms with Gasteiger partial charge in [0.15, 0.2) is 16.4 Å². The topological polar surface area (TPSA) is 144 Å². The van der Waals surface area contributed by atoms with Crippen LogP contribution in [-0.2, 0) is 19.1 Å². The Kier molecular flexibility index (Phi) is 11.9. The van der Waals surface area contributed by atoms with Gasteiger partial charge in [-0.15, -0.1) is 0 Å². The van der Waals surface area contributed by atoms with E-state index < -0.39 is 40.4 Å². The minimum Gasteiger partial charge on any atom is -0.444 e. The third kappa shape index (κ3) is 9.78. The summed E-state index contributed by atoms with van der Waals surface area (Å²) in [6.45, 7) is 12.2. The molecule has 0 saturated heterocycles. The van der Waals surface area contributed by atoms with Crippen molar-refractivity contribution in [3.8, 4) is 11.5 Å². The fraction of sp³-hybridized carbons (Fsp3) is 0.556. The molecular weight excluding hydrogens is 561 g/mol. The number of ketones is 1. The molecule has 2 aromatic heterocycles. The van der Waals surface area contributed by atoms with Gasteiger partial charge in [-0.2, -0.15) is 0 Å². The second-order valence-electron chi connectivity index (χ2n) is 10.9. The fourth-order valence-corrected chi connectivity index (χ4v) is 4.00. The van der Waals surface area contributed by atoms with Gasteiger partial charge in [0.1, 0.15) is 17.3 Å². The van der Waals surface area contributed by atoms with Gasteiger partial charge in [-0.3, -0.25) is 19.4 Å². The normalized spacial score (nSPS) is 13.2. The Balaban J connectivity index is 2.19. The highest BCUT2D eigenvalue weighted by molar-refractivity contribution is 6.54. The van der Waals surface area contributed by atoms with E-state index in [0.29, 0.717) is 17.1 Å². The molecule has 0 aliphatic heterocycles. The van der Waals surface area contributed by atoms with Gasteiger partial charge in [0.2, 0.25) is 5.91 Å². The van der Waals surface area contributed by atoms with Crippen LogP contribution in [0.25, 0.3) is 11.5 Å². The molecule has 0 spiro atoms. The first kappa shape index (κ1) is 33.0. The van der Waals surface area contributed by atoms with Crippen molar-refractivity contribution in [1.82, 2.24) is 20.8 Å². The number of amides is 3. The molecule has 1 unspecified atom stereocenters. The molecule has 0 radical (unpaired) electrons. The Labute approximate surface area is 244 Å². The first-order chi connectivity index (χ1) is 18.6. The standard InChI is InChI=1S/C27H37Cl2N5O6/c1-15(2)21(32-24(36)22(16(3)4)33-26(38)39-27(5,6)7)19(35)10-13-34(25(37)23(28)29)17-8-11-30-18(14-17)20-9-12-31-40-20/h8-9,11-12,14-16,21-23H,10,13H2,1-7H3,(H,32,36)(H,33,38)/t21-,22?/m0/s1. The van der Waals surface area contributed by atoms with E-state index in [0.717, 1.165) is 0 Å². The summed E-state index contributed by atoms with van der Waals surface area (Å²) in [5.74, 6) is -1.63. The first-order valence-electron chi connectivity index (χ1n) is 12.9. The molecule has 2 atom stereocenters. The molecule has 0 aliphatic rings. The van der Waals surface area contributed by atoms with Crippen molar-refractivity contribution >= 4 is 52.6 Å². The lowest BCUT2D eigenvalue weighted by molar-refractivity contribution is -0.130. The Bertz CT molecular complexity index is 1160. The number of aromatic nitrogens is 2. The highest BCUT2D eigenvalue weighted by atomic mass is 35.5. The molecule has 0 aromatic carbocycles. The van der Waals surface area contributed by atoms with Gasteiger partial charge in [0, 0.05) is 30.9 Å². The van der Waals surface area contributed by atoms with Gasteiger partial charge in [-0.25, -0.2) is 4.79 Å². The van der Waals surface area contributed by atoms with E-state index in [-0.39, 0.29) is 30.6 Å². The van der Waals surface area contributed by atoms with Gasteiger partial charge < -0.3 is 24.8 Å². The molecule has 40 heavy (non-hydrogen) atoms. The average molecular weight is 599 g/mol. The van der Waals surface area contributed by atoms with Crippen LogP contribution in [0.2, 0.25) is 0 Å². The molecule has 220 valence electrons. The minimum atomic E-state index is -1.37. The number of nitrogens with one attached hydrogen (secondary N) is 2. The summed E-state index contributed by atoms with van der Waals surface area (Å²) in [5.41, 5.74) is 0.0820. The Morgan fingerprint density at radius 2 is 1.65 bits per heavy atom. The Hall–Kier alpha value is -3.18. The first-order valence-corrected chi connectivity index (χ1v) is 13.8. The fourth-order valence-electron chi connectivity index (χ4n) is 3.76. The highest BCUT2D eigenvalue weighted by Gasteiger charge is 2.32. The zero-order valence-electron chi connectivity index (χ0n) is 23.7. The van der Waals surface area contributed by atoms with Crippen LogP contribution in [0.3, 0.4) is 0 Å². The molecule has 3 amide bonds. The predicted molar refractivity (Wildman–Crippen MR) is 152 cm³/mol. The number of hydrogen-bond donors (Lipinski definition) is 2. The van der Waals surface area contributed by atoms with E-state index in [1.165, 1.54) is 17.3 Å². The number of anilines is 1. The van der Waals surface area contributed by atoms with Gasteiger partial charge in [-0.1, -0.05) is 56.1 Å². The van der Waals surface area contributed by atoms with Crippen LogP contribution in [-0.4, -0.2) is 62.9 Å². The molecule has 0 saturated carbocycles. The maximum atomic E-state index is 13.3. The number of carbonyl (C=O) groups excluding carboxylic acids is 4. The van der Waals surface area contributed by atoms with Crippen molar-refractivity contribution < 1.29 is 28.4 Å². The number of ether oxygens (including phenoxy) is 1. The molecule has 0 fully saturated rings. The Morgan fingerprint density at radius 3 is 2.17 bits per heavy atom. The van der Waals surface area contributed by atoms with Crippen molar-refractivity contribution in [1.29, 1.82) is 0 Å². The lowest BCUT2D eigenvalue weighted by Gasteiger charge is -2.29. The third-order valence-corrected chi connectivity index (χ3v) is 6.09. The number of rotatable bonds is 12. The molecule has 0 bridgehead atoms. The van der Waals surface area contributed by atoms with Gasteiger partial charge in [0.05, 0.1) is 12.2 Å². The lowest BCUT2D eigenvalue weighted by Crippen LogP contribution is -2.55. The number of hydrogen-bond acceptors (Lipinski definition) is 8. The van der Waals surface area contributed by atoms with Crippen LogP contribution in [0.15, 0.2) is 35.1 Å². The van der Waals surface area contributed by atoms with E-state index in [9.17, 15) is 19.2 Å². The van der Waals surface area contributed by atoms with Crippen LogP contribution in [0.4, 0.5) is 10.5 Å². The van der Waals surface area contributed by atoms with Crippen LogP contribution < -0.4 is 15.5 Å². The number of Topliss-reactive ketones (excluding diaryl/α,β-unsaturated/α-hetero) is 1.